The molecule has 0 aliphatic heterocycles. The van der Waals surface area contributed by atoms with Crippen LogP contribution in [-0.4, -0.2) is 13.1 Å². The van der Waals surface area contributed by atoms with Crippen molar-refractivity contribution in [1.82, 2.24) is 0 Å². The third kappa shape index (κ3) is 1.37. The zero-order valence-electron chi connectivity index (χ0n) is 7.33. The Morgan fingerprint density at radius 3 is 2.33 bits per heavy atom. The van der Waals surface area contributed by atoms with Crippen molar-refractivity contribution in [2.24, 2.45) is 0 Å². The first-order valence-electron chi connectivity index (χ1n) is 4.36. The van der Waals surface area contributed by atoms with Crippen molar-refractivity contribution in [2.45, 2.75) is 18.9 Å². The lowest BCUT2D eigenvalue weighted by molar-refractivity contribution is 0.917. The van der Waals surface area contributed by atoms with E-state index in [0.717, 1.165) is 11.7 Å². The highest BCUT2D eigenvalue weighted by molar-refractivity contribution is 5.53. The molecule has 1 aromatic carbocycles. The van der Waals surface area contributed by atoms with Gasteiger partial charge in [0.1, 0.15) is 0 Å². The summed E-state index contributed by atoms with van der Waals surface area (Å²) in [5, 5.41) is 0. The van der Waals surface area contributed by atoms with Gasteiger partial charge in [0.2, 0.25) is 0 Å². The quantitative estimate of drug-likeness (QED) is 0.673. The van der Waals surface area contributed by atoms with Gasteiger partial charge in [0.15, 0.2) is 0 Å². The first-order chi connectivity index (χ1) is 5.77. The number of benzene rings is 1. The summed E-state index contributed by atoms with van der Waals surface area (Å²) in [6, 6.07) is 8.83. The number of nitrogens with two attached hydrogens (primary N) is 1. The van der Waals surface area contributed by atoms with Gasteiger partial charge in [-0.2, -0.15) is 0 Å². The Kier molecular flexibility index (Phi) is 1.68. The molecule has 2 nitrogen and oxygen atoms in total. The van der Waals surface area contributed by atoms with E-state index in [0.29, 0.717) is 0 Å². The maximum Gasteiger partial charge on any atom is 0.0367 e. The first kappa shape index (κ1) is 7.47. The third-order valence-electron chi connectivity index (χ3n) is 2.39. The van der Waals surface area contributed by atoms with Gasteiger partial charge in [-0.1, -0.05) is 0 Å². The zero-order chi connectivity index (χ0) is 8.55. The largest absolute Gasteiger partial charge is 0.399 e. The fourth-order valence-electron chi connectivity index (χ4n) is 1.38. The molecular formula is C10H14N2. The molecule has 1 aliphatic carbocycles. The average Bonchev–Trinajstić information content (AvgIpc) is 2.87. The Hall–Kier alpha value is -1.18. The van der Waals surface area contributed by atoms with Crippen LogP contribution >= 0.6 is 0 Å². The van der Waals surface area contributed by atoms with E-state index in [4.69, 9.17) is 5.73 Å². The van der Waals surface area contributed by atoms with E-state index < -0.39 is 0 Å². The summed E-state index contributed by atoms with van der Waals surface area (Å²) >= 11 is 0. The van der Waals surface area contributed by atoms with Crippen molar-refractivity contribution in [3.8, 4) is 0 Å². The van der Waals surface area contributed by atoms with Crippen LogP contribution in [0.15, 0.2) is 24.3 Å². The fourth-order valence-corrected chi connectivity index (χ4v) is 1.38. The molecule has 1 aliphatic rings. The predicted molar refractivity (Wildman–Crippen MR) is 52.3 cm³/mol. The maximum absolute atomic E-state index is 5.60. The Morgan fingerprint density at radius 1 is 1.25 bits per heavy atom. The van der Waals surface area contributed by atoms with Crippen molar-refractivity contribution in [3.63, 3.8) is 0 Å². The topological polar surface area (TPSA) is 29.3 Å². The Bertz CT molecular complexity index is 262. The van der Waals surface area contributed by atoms with Gasteiger partial charge in [0.25, 0.3) is 0 Å². The van der Waals surface area contributed by atoms with Gasteiger partial charge in [-0.15, -0.1) is 0 Å². The molecule has 2 rings (SSSR count). The van der Waals surface area contributed by atoms with Crippen LogP contribution in [0.1, 0.15) is 12.8 Å². The molecule has 0 unspecified atom stereocenters. The predicted octanol–water partition coefficient (Wildman–Crippen LogP) is 1.87. The molecule has 0 amide bonds. The number of nitrogens with zero attached hydrogens (tertiary/aromatic N) is 1. The number of anilines is 2. The Balaban J connectivity index is 2.16. The summed E-state index contributed by atoms with van der Waals surface area (Å²) in [7, 11) is 2.14. The van der Waals surface area contributed by atoms with Crippen molar-refractivity contribution in [3.05, 3.63) is 24.3 Å². The van der Waals surface area contributed by atoms with Gasteiger partial charge in [-0.05, 0) is 37.1 Å². The lowest BCUT2D eigenvalue weighted by atomic mass is 10.2. The second-order valence-electron chi connectivity index (χ2n) is 3.43. The minimum atomic E-state index is 0.772. The molecule has 0 bridgehead atoms. The zero-order valence-corrected chi connectivity index (χ0v) is 7.33. The molecule has 2 heteroatoms. The number of rotatable bonds is 2. The van der Waals surface area contributed by atoms with E-state index in [1.165, 1.54) is 18.5 Å². The second-order valence-corrected chi connectivity index (χ2v) is 3.43. The molecule has 2 N–H and O–H groups in total. The Labute approximate surface area is 73.0 Å². The summed E-state index contributed by atoms with van der Waals surface area (Å²) in [4.78, 5) is 2.32. The average molecular weight is 162 g/mol. The van der Waals surface area contributed by atoms with Crippen molar-refractivity contribution in [2.75, 3.05) is 17.7 Å². The van der Waals surface area contributed by atoms with Crippen molar-refractivity contribution < 1.29 is 0 Å². The molecule has 1 aromatic rings. The maximum atomic E-state index is 5.60. The van der Waals surface area contributed by atoms with Crippen molar-refractivity contribution >= 4 is 11.4 Å². The molecule has 1 saturated carbocycles. The van der Waals surface area contributed by atoms with E-state index in [1.54, 1.807) is 0 Å². The number of hydrogen-bond donors (Lipinski definition) is 1. The molecule has 1 fully saturated rings. The molecule has 0 heterocycles. The van der Waals surface area contributed by atoms with Crippen LogP contribution in [0.2, 0.25) is 0 Å². The SMILES string of the molecule is CN(c1ccc(N)cc1)C1CC1. The second kappa shape index (κ2) is 2.70. The van der Waals surface area contributed by atoms with Crippen LogP contribution in [0.5, 0.6) is 0 Å². The lowest BCUT2D eigenvalue weighted by Crippen LogP contribution is -2.18. The van der Waals surface area contributed by atoms with E-state index in [2.05, 4.69) is 24.1 Å². The smallest absolute Gasteiger partial charge is 0.0367 e. The lowest BCUT2D eigenvalue weighted by Gasteiger charge is -2.18. The van der Waals surface area contributed by atoms with E-state index in [9.17, 15) is 0 Å². The minimum absolute atomic E-state index is 0.772. The molecule has 0 saturated heterocycles. The van der Waals surface area contributed by atoms with Crippen LogP contribution in [-0.2, 0) is 0 Å². The van der Waals surface area contributed by atoms with E-state index in [-0.39, 0.29) is 0 Å². The van der Waals surface area contributed by atoms with Crippen LogP contribution in [0.4, 0.5) is 11.4 Å². The molecular weight excluding hydrogens is 148 g/mol. The van der Waals surface area contributed by atoms with Gasteiger partial charge in [-0.25, -0.2) is 0 Å². The summed E-state index contributed by atoms with van der Waals surface area (Å²) in [6.07, 6.45) is 2.67. The molecule has 0 radical (unpaired) electrons. The minimum Gasteiger partial charge on any atom is -0.399 e. The monoisotopic (exact) mass is 162 g/mol. The molecule has 0 spiro atoms. The van der Waals surface area contributed by atoms with E-state index in [1.807, 2.05) is 12.1 Å². The van der Waals surface area contributed by atoms with Crippen LogP contribution in [0, 0.1) is 0 Å². The van der Waals surface area contributed by atoms with Crippen LogP contribution in [0.3, 0.4) is 0 Å². The number of nitrogen functional groups attached to an aromatic ring is 1. The fraction of sp³-hybridized carbons (Fsp3) is 0.400. The van der Waals surface area contributed by atoms with Crippen molar-refractivity contribution in [1.29, 1.82) is 0 Å². The molecule has 64 valence electrons. The summed E-state index contributed by atoms with van der Waals surface area (Å²) in [5.41, 5.74) is 7.71. The molecule has 12 heavy (non-hydrogen) atoms. The molecule has 0 atom stereocenters. The normalized spacial score (nSPS) is 16.1. The van der Waals surface area contributed by atoms with E-state index >= 15 is 0 Å². The van der Waals surface area contributed by atoms with Gasteiger partial charge in [-0.3, -0.25) is 0 Å². The highest BCUT2D eigenvalue weighted by atomic mass is 15.2. The van der Waals surface area contributed by atoms with Gasteiger partial charge in [0.05, 0.1) is 0 Å². The van der Waals surface area contributed by atoms with Gasteiger partial charge >= 0.3 is 0 Å². The Morgan fingerprint density at radius 2 is 1.83 bits per heavy atom. The van der Waals surface area contributed by atoms with Crippen LogP contribution < -0.4 is 10.6 Å². The van der Waals surface area contributed by atoms with Gasteiger partial charge < -0.3 is 10.6 Å². The standard InChI is InChI=1S/C10H14N2/c1-12(10-6-7-10)9-4-2-8(11)3-5-9/h2-5,10H,6-7,11H2,1H3. The summed E-state index contributed by atoms with van der Waals surface area (Å²) < 4.78 is 0. The summed E-state index contributed by atoms with van der Waals surface area (Å²) in [6.45, 7) is 0. The number of hydrogen-bond acceptors (Lipinski definition) is 2. The molecule has 0 aromatic heterocycles. The third-order valence-corrected chi connectivity index (χ3v) is 2.39. The highest BCUT2D eigenvalue weighted by Gasteiger charge is 2.26. The van der Waals surface area contributed by atoms with Crippen LogP contribution in [0.25, 0.3) is 0 Å². The highest BCUT2D eigenvalue weighted by Crippen LogP contribution is 2.30. The summed E-state index contributed by atoms with van der Waals surface area (Å²) in [5.74, 6) is 0. The van der Waals surface area contributed by atoms with Gasteiger partial charge in [0, 0.05) is 24.5 Å². The first-order valence-corrected chi connectivity index (χ1v) is 4.36.